The van der Waals surface area contributed by atoms with Crippen LogP contribution < -0.4 is 20.1 Å². The topological polar surface area (TPSA) is 76.7 Å². The third kappa shape index (κ3) is 6.18. The Hall–Kier alpha value is -3.02. The van der Waals surface area contributed by atoms with E-state index in [0.717, 1.165) is 11.5 Å². The zero-order chi connectivity index (χ0) is 18.1. The van der Waals surface area contributed by atoms with Gasteiger partial charge in [-0.1, -0.05) is 0 Å². The van der Waals surface area contributed by atoms with Crippen molar-refractivity contribution in [3.8, 4) is 11.5 Å². The van der Waals surface area contributed by atoms with Gasteiger partial charge in [-0.3, -0.25) is 9.59 Å². The first kappa shape index (κ1) is 18.3. The van der Waals surface area contributed by atoms with E-state index in [9.17, 15) is 9.59 Å². The minimum absolute atomic E-state index is 0.263. The van der Waals surface area contributed by atoms with E-state index in [0.29, 0.717) is 24.6 Å². The van der Waals surface area contributed by atoms with E-state index in [1.165, 1.54) is 0 Å². The molecular formula is C19H22N2O4. The molecule has 2 amide bonds. The normalized spacial score (nSPS) is 10.0. The van der Waals surface area contributed by atoms with Crippen LogP contribution in [0.3, 0.4) is 0 Å². The predicted molar refractivity (Wildman–Crippen MR) is 97.1 cm³/mol. The first-order valence-corrected chi connectivity index (χ1v) is 8.16. The zero-order valence-corrected chi connectivity index (χ0v) is 14.4. The van der Waals surface area contributed by atoms with Gasteiger partial charge in [0.05, 0.1) is 13.2 Å². The molecule has 6 nitrogen and oxygen atoms in total. The molecule has 0 aliphatic rings. The number of amides is 2. The largest absolute Gasteiger partial charge is 0.494 e. The van der Waals surface area contributed by atoms with Crippen LogP contribution in [0.1, 0.15) is 20.3 Å². The van der Waals surface area contributed by atoms with Crippen molar-refractivity contribution in [3.63, 3.8) is 0 Å². The Bertz CT molecular complexity index is 635. The zero-order valence-electron chi connectivity index (χ0n) is 14.4. The molecule has 0 bridgehead atoms. The summed E-state index contributed by atoms with van der Waals surface area (Å²) in [5.74, 6) is 0.697. The van der Waals surface area contributed by atoms with Crippen molar-refractivity contribution >= 4 is 23.2 Å². The van der Waals surface area contributed by atoms with Crippen molar-refractivity contribution in [2.24, 2.45) is 0 Å². The van der Waals surface area contributed by atoms with Crippen molar-refractivity contribution in [2.45, 2.75) is 20.3 Å². The second kappa shape index (κ2) is 9.32. The highest BCUT2D eigenvalue weighted by Gasteiger charge is 2.10. The average molecular weight is 342 g/mol. The van der Waals surface area contributed by atoms with E-state index in [1.54, 1.807) is 48.5 Å². The SMILES string of the molecule is CCOc1ccc(NC(=O)CC(=O)Nc2ccc(OCC)cc2)cc1. The summed E-state index contributed by atoms with van der Waals surface area (Å²) >= 11 is 0. The van der Waals surface area contributed by atoms with Crippen molar-refractivity contribution in [2.75, 3.05) is 23.8 Å². The van der Waals surface area contributed by atoms with Gasteiger partial charge in [0.25, 0.3) is 0 Å². The molecule has 132 valence electrons. The molecule has 0 aromatic heterocycles. The monoisotopic (exact) mass is 342 g/mol. The molecule has 0 heterocycles. The summed E-state index contributed by atoms with van der Waals surface area (Å²) in [4.78, 5) is 23.9. The smallest absolute Gasteiger partial charge is 0.233 e. The van der Waals surface area contributed by atoms with E-state index in [1.807, 2.05) is 13.8 Å². The summed E-state index contributed by atoms with van der Waals surface area (Å²) in [6.07, 6.45) is -0.263. The van der Waals surface area contributed by atoms with Crippen LogP contribution in [0.4, 0.5) is 11.4 Å². The Morgan fingerprint density at radius 2 is 1.08 bits per heavy atom. The Balaban J connectivity index is 1.82. The number of rotatable bonds is 8. The number of hydrogen-bond acceptors (Lipinski definition) is 4. The van der Waals surface area contributed by atoms with E-state index >= 15 is 0 Å². The van der Waals surface area contributed by atoms with E-state index in [-0.39, 0.29) is 18.2 Å². The summed E-state index contributed by atoms with van der Waals surface area (Å²) in [6, 6.07) is 14.0. The first-order chi connectivity index (χ1) is 12.1. The van der Waals surface area contributed by atoms with Gasteiger partial charge < -0.3 is 20.1 Å². The quantitative estimate of drug-likeness (QED) is 0.721. The highest BCUT2D eigenvalue weighted by Crippen LogP contribution is 2.17. The standard InChI is InChI=1S/C19H22N2O4/c1-3-24-16-9-5-14(6-10-16)20-18(22)13-19(23)21-15-7-11-17(12-8-15)25-4-2/h5-12H,3-4,13H2,1-2H3,(H,20,22)(H,21,23). The predicted octanol–water partition coefficient (Wildman–Crippen LogP) is 3.45. The second-order valence-corrected chi connectivity index (χ2v) is 5.19. The Labute approximate surface area is 147 Å². The van der Waals surface area contributed by atoms with Gasteiger partial charge in [-0.2, -0.15) is 0 Å². The third-order valence-corrected chi connectivity index (χ3v) is 3.22. The van der Waals surface area contributed by atoms with Gasteiger partial charge in [-0.15, -0.1) is 0 Å². The minimum Gasteiger partial charge on any atom is -0.494 e. The van der Waals surface area contributed by atoms with Crippen molar-refractivity contribution in [1.29, 1.82) is 0 Å². The van der Waals surface area contributed by atoms with Gasteiger partial charge in [0, 0.05) is 11.4 Å². The summed E-state index contributed by atoms with van der Waals surface area (Å²) in [5, 5.41) is 5.36. The lowest BCUT2D eigenvalue weighted by Crippen LogP contribution is -2.21. The number of benzene rings is 2. The Morgan fingerprint density at radius 3 is 1.40 bits per heavy atom. The molecule has 0 atom stereocenters. The number of ether oxygens (including phenoxy) is 2. The van der Waals surface area contributed by atoms with Gasteiger partial charge in [-0.25, -0.2) is 0 Å². The number of nitrogens with one attached hydrogen (secondary N) is 2. The number of anilines is 2. The molecule has 2 N–H and O–H groups in total. The third-order valence-electron chi connectivity index (χ3n) is 3.22. The lowest BCUT2D eigenvalue weighted by Gasteiger charge is -2.08. The highest BCUT2D eigenvalue weighted by molar-refractivity contribution is 6.08. The fraction of sp³-hybridized carbons (Fsp3) is 0.263. The van der Waals surface area contributed by atoms with Crippen LogP contribution in [0.25, 0.3) is 0 Å². The molecule has 6 heteroatoms. The molecule has 0 saturated carbocycles. The fourth-order valence-corrected chi connectivity index (χ4v) is 2.16. The second-order valence-electron chi connectivity index (χ2n) is 5.19. The molecular weight excluding hydrogens is 320 g/mol. The van der Waals surface area contributed by atoms with Crippen molar-refractivity contribution in [1.82, 2.24) is 0 Å². The van der Waals surface area contributed by atoms with Gasteiger partial charge in [0.2, 0.25) is 11.8 Å². The molecule has 0 unspecified atom stereocenters. The summed E-state index contributed by atoms with van der Waals surface area (Å²) in [5.41, 5.74) is 1.23. The van der Waals surface area contributed by atoms with Crippen LogP contribution in [-0.2, 0) is 9.59 Å². The Morgan fingerprint density at radius 1 is 0.720 bits per heavy atom. The maximum Gasteiger partial charge on any atom is 0.233 e. The van der Waals surface area contributed by atoms with Crippen LogP contribution in [0.5, 0.6) is 11.5 Å². The molecule has 2 aromatic carbocycles. The molecule has 0 aliphatic heterocycles. The molecule has 2 rings (SSSR count). The van der Waals surface area contributed by atoms with Crippen molar-refractivity contribution in [3.05, 3.63) is 48.5 Å². The molecule has 0 radical (unpaired) electrons. The van der Waals surface area contributed by atoms with E-state index < -0.39 is 0 Å². The van der Waals surface area contributed by atoms with Crippen molar-refractivity contribution < 1.29 is 19.1 Å². The Kier molecular flexibility index (Phi) is 6.83. The maximum absolute atomic E-state index is 11.9. The number of carbonyl (C=O) groups is 2. The minimum atomic E-state index is -0.382. The van der Waals surface area contributed by atoms with Crippen LogP contribution >= 0.6 is 0 Å². The van der Waals surface area contributed by atoms with Crippen LogP contribution in [0.2, 0.25) is 0 Å². The van der Waals surface area contributed by atoms with Gasteiger partial charge in [0.1, 0.15) is 17.9 Å². The lowest BCUT2D eigenvalue weighted by atomic mass is 10.2. The molecule has 2 aromatic rings. The van der Waals surface area contributed by atoms with E-state index in [4.69, 9.17) is 9.47 Å². The lowest BCUT2D eigenvalue weighted by molar-refractivity contribution is -0.123. The van der Waals surface area contributed by atoms with Crippen LogP contribution in [-0.4, -0.2) is 25.0 Å². The van der Waals surface area contributed by atoms with Crippen LogP contribution in [0.15, 0.2) is 48.5 Å². The fourth-order valence-electron chi connectivity index (χ4n) is 2.16. The molecule has 25 heavy (non-hydrogen) atoms. The van der Waals surface area contributed by atoms with Gasteiger partial charge in [0.15, 0.2) is 0 Å². The first-order valence-electron chi connectivity index (χ1n) is 8.16. The van der Waals surface area contributed by atoms with Gasteiger partial charge >= 0.3 is 0 Å². The van der Waals surface area contributed by atoms with Crippen LogP contribution in [0, 0.1) is 0 Å². The molecule has 0 aliphatic carbocycles. The summed E-state index contributed by atoms with van der Waals surface area (Å²) in [6.45, 7) is 4.96. The van der Waals surface area contributed by atoms with Gasteiger partial charge in [-0.05, 0) is 62.4 Å². The van der Waals surface area contributed by atoms with E-state index in [2.05, 4.69) is 10.6 Å². The molecule has 0 saturated heterocycles. The molecule has 0 spiro atoms. The summed E-state index contributed by atoms with van der Waals surface area (Å²) < 4.78 is 10.7. The number of hydrogen-bond donors (Lipinski definition) is 2. The molecule has 0 fully saturated rings. The summed E-state index contributed by atoms with van der Waals surface area (Å²) in [7, 11) is 0. The maximum atomic E-state index is 11.9. The average Bonchev–Trinajstić information content (AvgIpc) is 2.59. The number of carbonyl (C=O) groups excluding carboxylic acids is 2. The highest BCUT2D eigenvalue weighted by atomic mass is 16.5.